The number of aromatic nitrogens is 2. The summed E-state index contributed by atoms with van der Waals surface area (Å²) >= 11 is 0. The third kappa shape index (κ3) is 5.33. The van der Waals surface area contributed by atoms with Gasteiger partial charge in [0.2, 0.25) is 0 Å². The zero-order valence-electron chi connectivity index (χ0n) is 19.9. The van der Waals surface area contributed by atoms with Crippen molar-refractivity contribution in [3.8, 4) is 11.3 Å². The van der Waals surface area contributed by atoms with Gasteiger partial charge in [-0.05, 0) is 61.9 Å². The van der Waals surface area contributed by atoms with E-state index in [9.17, 15) is 10.0 Å². The summed E-state index contributed by atoms with van der Waals surface area (Å²) in [6.07, 6.45) is 3.55. The summed E-state index contributed by atoms with van der Waals surface area (Å²) in [7, 11) is -1.33. The average Bonchev–Trinajstić information content (AvgIpc) is 2.85. The van der Waals surface area contributed by atoms with E-state index in [-0.39, 0.29) is 0 Å². The van der Waals surface area contributed by atoms with Crippen molar-refractivity contribution in [3.05, 3.63) is 113 Å². The summed E-state index contributed by atoms with van der Waals surface area (Å²) in [6.45, 7) is 6.12. The highest BCUT2D eigenvalue weighted by atomic mass is 16.4. The van der Waals surface area contributed by atoms with E-state index in [1.807, 2.05) is 61.5 Å². The standard InChI is InChI=1S/C15H12N2.C14H17BO2/c1-11-16-14-10-6-5-9-13(14)15(17-11)12-7-3-2-4-8-12;1-10-5-3-4-6-13(10)14-9-12(15(16)17)8-7-11(14)2/h2-10H,1H3;3-6,9,16-17H,7-8H2,1-2H3. The molecule has 170 valence electrons. The van der Waals surface area contributed by atoms with Gasteiger partial charge < -0.3 is 10.0 Å². The van der Waals surface area contributed by atoms with Gasteiger partial charge in [-0.15, -0.1) is 0 Å². The second-order valence-corrected chi connectivity index (χ2v) is 8.60. The molecule has 3 aromatic carbocycles. The summed E-state index contributed by atoms with van der Waals surface area (Å²) in [5, 5.41) is 19.6. The number of benzene rings is 3. The zero-order chi connectivity index (χ0) is 24.1. The van der Waals surface area contributed by atoms with E-state index in [0.29, 0.717) is 5.47 Å². The summed E-state index contributed by atoms with van der Waals surface area (Å²) in [5.41, 5.74) is 8.69. The van der Waals surface area contributed by atoms with Crippen molar-refractivity contribution < 1.29 is 10.0 Å². The first-order chi connectivity index (χ1) is 16.4. The largest absolute Gasteiger partial charge is 0.484 e. The molecule has 0 atom stereocenters. The lowest BCUT2D eigenvalue weighted by molar-refractivity contribution is 0.416. The zero-order valence-corrected chi connectivity index (χ0v) is 19.9. The molecule has 1 heterocycles. The van der Waals surface area contributed by atoms with E-state index < -0.39 is 7.12 Å². The highest BCUT2D eigenvalue weighted by Crippen LogP contribution is 2.32. The molecule has 5 heteroatoms. The number of para-hydroxylation sites is 1. The maximum absolute atomic E-state index is 9.26. The molecular weight excluding hydrogens is 419 g/mol. The fraction of sp³-hybridized carbons (Fsp3) is 0.172. The van der Waals surface area contributed by atoms with Crippen LogP contribution < -0.4 is 0 Å². The topological polar surface area (TPSA) is 66.2 Å². The second kappa shape index (κ2) is 10.6. The fourth-order valence-electron chi connectivity index (χ4n) is 4.24. The minimum absolute atomic E-state index is 0.703. The minimum atomic E-state index is -1.33. The molecule has 4 aromatic rings. The minimum Gasteiger partial charge on any atom is -0.423 e. The molecule has 0 bridgehead atoms. The van der Waals surface area contributed by atoms with Crippen molar-refractivity contribution in [3.63, 3.8) is 0 Å². The van der Waals surface area contributed by atoms with Gasteiger partial charge in [0, 0.05) is 10.9 Å². The van der Waals surface area contributed by atoms with E-state index in [1.54, 1.807) is 0 Å². The highest BCUT2D eigenvalue weighted by Gasteiger charge is 2.20. The Bertz CT molecular complexity index is 1360. The van der Waals surface area contributed by atoms with E-state index >= 15 is 0 Å². The number of hydrogen-bond donors (Lipinski definition) is 2. The molecule has 34 heavy (non-hydrogen) atoms. The molecule has 0 saturated carbocycles. The van der Waals surface area contributed by atoms with Crippen molar-refractivity contribution in [1.29, 1.82) is 0 Å². The van der Waals surface area contributed by atoms with Gasteiger partial charge in [0.15, 0.2) is 0 Å². The van der Waals surface area contributed by atoms with E-state index in [0.717, 1.165) is 46.4 Å². The second-order valence-electron chi connectivity index (χ2n) is 8.60. The molecule has 1 aromatic heterocycles. The molecule has 0 spiro atoms. The number of nitrogens with zero attached hydrogens (tertiary/aromatic N) is 2. The molecule has 1 aliphatic carbocycles. The van der Waals surface area contributed by atoms with Gasteiger partial charge in [0.1, 0.15) is 5.82 Å². The number of rotatable bonds is 3. The van der Waals surface area contributed by atoms with Crippen molar-refractivity contribution >= 4 is 23.6 Å². The van der Waals surface area contributed by atoms with Crippen LogP contribution >= 0.6 is 0 Å². The number of hydrogen-bond acceptors (Lipinski definition) is 4. The predicted molar refractivity (Wildman–Crippen MR) is 141 cm³/mol. The van der Waals surface area contributed by atoms with E-state index in [4.69, 9.17) is 0 Å². The molecule has 0 fully saturated rings. The van der Waals surface area contributed by atoms with Crippen LogP contribution in [0.1, 0.15) is 36.7 Å². The van der Waals surface area contributed by atoms with Gasteiger partial charge in [-0.2, -0.15) is 0 Å². The summed E-state index contributed by atoms with van der Waals surface area (Å²) in [6, 6.07) is 26.5. The molecule has 0 amide bonds. The highest BCUT2D eigenvalue weighted by molar-refractivity contribution is 6.51. The van der Waals surface area contributed by atoms with E-state index in [1.165, 1.54) is 16.7 Å². The fourth-order valence-corrected chi connectivity index (χ4v) is 4.24. The molecule has 0 aliphatic heterocycles. The number of aryl methyl sites for hydroxylation is 2. The molecule has 2 N–H and O–H groups in total. The van der Waals surface area contributed by atoms with Crippen LogP contribution in [0.25, 0.3) is 27.7 Å². The Morgan fingerprint density at radius 3 is 2.15 bits per heavy atom. The Kier molecular flexibility index (Phi) is 7.36. The van der Waals surface area contributed by atoms with Gasteiger partial charge in [-0.25, -0.2) is 9.97 Å². The van der Waals surface area contributed by atoms with Crippen molar-refractivity contribution in [1.82, 2.24) is 9.97 Å². The smallest absolute Gasteiger partial charge is 0.423 e. The Morgan fingerprint density at radius 1 is 0.735 bits per heavy atom. The third-order valence-corrected chi connectivity index (χ3v) is 6.11. The SMILES string of the molecule is CC1=C(c2ccccc2C)C=C(B(O)O)CC1.Cc1nc(-c2ccccc2)c2ccccc2n1. The first-order valence-electron chi connectivity index (χ1n) is 11.5. The van der Waals surface area contributed by atoms with Gasteiger partial charge in [-0.3, -0.25) is 0 Å². The van der Waals surface area contributed by atoms with Crippen LogP contribution in [0.4, 0.5) is 0 Å². The monoisotopic (exact) mass is 448 g/mol. The van der Waals surface area contributed by atoms with Crippen LogP contribution in [0.5, 0.6) is 0 Å². The molecular formula is C29H29BN2O2. The van der Waals surface area contributed by atoms with Crippen LogP contribution in [0.15, 0.2) is 96.0 Å². The maximum Gasteiger partial charge on any atom is 0.484 e. The van der Waals surface area contributed by atoms with Crippen LogP contribution in [0.2, 0.25) is 0 Å². The van der Waals surface area contributed by atoms with Crippen molar-refractivity contribution in [2.45, 2.75) is 33.6 Å². The third-order valence-electron chi connectivity index (χ3n) is 6.11. The Labute approximate surface area is 201 Å². The Balaban J connectivity index is 0.000000161. The molecule has 0 radical (unpaired) electrons. The van der Waals surface area contributed by atoms with Gasteiger partial charge >= 0.3 is 7.12 Å². The Hall–Kier alpha value is -3.54. The number of allylic oxidation sites excluding steroid dienone is 4. The van der Waals surface area contributed by atoms with Gasteiger partial charge in [-0.1, -0.05) is 84.4 Å². The quantitative estimate of drug-likeness (QED) is 0.372. The molecule has 0 unspecified atom stereocenters. The first kappa shape index (κ1) is 23.6. The molecule has 5 rings (SSSR count). The normalized spacial score (nSPS) is 13.3. The molecule has 4 nitrogen and oxygen atoms in total. The summed E-state index contributed by atoms with van der Waals surface area (Å²) in [5.74, 6) is 0.808. The molecule has 1 aliphatic rings. The Morgan fingerprint density at radius 2 is 1.41 bits per heavy atom. The van der Waals surface area contributed by atoms with Gasteiger partial charge in [0.05, 0.1) is 11.2 Å². The average molecular weight is 448 g/mol. The maximum atomic E-state index is 9.26. The lowest BCUT2D eigenvalue weighted by Crippen LogP contribution is -2.17. The van der Waals surface area contributed by atoms with Crippen molar-refractivity contribution in [2.75, 3.05) is 0 Å². The lowest BCUT2D eigenvalue weighted by Gasteiger charge is -2.19. The predicted octanol–water partition coefficient (Wildman–Crippen LogP) is 6.11. The van der Waals surface area contributed by atoms with E-state index in [2.05, 4.69) is 54.1 Å². The summed E-state index contributed by atoms with van der Waals surface area (Å²) < 4.78 is 0. The van der Waals surface area contributed by atoms with Crippen molar-refractivity contribution in [2.24, 2.45) is 0 Å². The van der Waals surface area contributed by atoms with Gasteiger partial charge in [0.25, 0.3) is 0 Å². The van der Waals surface area contributed by atoms with Crippen LogP contribution in [-0.4, -0.2) is 27.1 Å². The number of fused-ring (bicyclic) bond motifs is 1. The van der Waals surface area contributed by atoms with Crippen LogP contribution in [0, 0.1) is 13.8 Å². The van der Waals surface area contributed by atoms with Crippen LogP contribution in [0.3, 0.4) is 0 Å². The molecule has 0 saturated heterocycles. The lowest BCUT2D eigenvalue weighted by atomic mass is 9.71. The summed E-state index contributed by atoms with van der Waals surface area (Å²) in [4.78, 5) is 9.01. The first-order valence-corrected chi connectivity index (χ1v) is 11.5. The van der Waals surface area contributed by atoms with Crippen LogP contribution in [-0.2, 0) is 0 Å².